The molecule has 1 fully saturated rings. The Bertz CT molecular complexity index is 816. The van der Waals surface area contributed by atoms with Crippen molar-refractivity contribution in [3.8, 4) is 5.75 Å². The van der Waals surface area contributed by atoms with E-state index in [4.69, 9.17) is 4.74 Å². The molecule has 1 heterocycles. The fourth-order valence-corrected chi connectivity index (χ4v) is 3.00. The molecule has 0 atom stereocenters. The van der Waals surface area contributed by atoms with Gasteiger partial charge in [0, 0.05) is 44.0 Å². The molecule has 2 amide bonds. The summed E-state index contributed by atoms with van der Waals surface area (Å²) in [6.45, 7) is 0.665. The number of nitrogens with zero attached hydrogens (tertiary/aromatic N) is 2. The third-order valence-electron chi connectivity index (χ3n) is 4.45. The van der Waals surface area contributed by atoms with Crippen molar-refractivity contribution >= 4 is 28.9 Å². The van der Waals surface area contributed by atoms with E-state index in [1.54, 1.807) is 42.3 Å². The zero-order valence-electron chi connectivity index (χ0n) is 15.3. The predicted octanol–water partition coefficient (Wildman–Crippen LogP) is 3.14. The summed E-state index contributed by atoms with van der Waals surface area (Å²) in [5, 5.41) is 2.89. The van der Waals surface area contributed by atoms with E-state index in [1.807, 2.05) is 31.1 Å². The molecule has 6 heteroatoms. The van der Waals surface area contributed by atoms with Gasteiger partial charge in [-0.15, -0.1) is 0 Å². The number of rotatable bonds is 5. The van der Waals surface area contributed by atoms with Gasteiger partial charge in [-0.2, -0.15) is 0 Å². The van der Waals surface area contributed by atoms with Crippen molar-refractivity contribution in [3.63, 3.8) is 0 Å². The number of methoxy groups -OCH3 is 1. The lowest BCUT2D eigenvalue weighted by Gasteiger charge is -2.20. The fourth-order valence-electron chi connectivity index (χ4n) is 3.00. The predicted molar refractivity (Wildman–Crippen MR) is 103 cm³/mol. The minimum atomic E-state index is -0.195. The van der Waals surface area contributed by atoms with E-state index < -0.39 is 0 Å². The maximum absolute atomic E-state index is 12.5. The highest BCUT2D eigenvalue weighted by molar-refractivity contribution is 6.05. The lowest BCUT2D eigenvalue weighted by Crippen LogP contribution is -2.24. The minimum Gasteiger partial charge on any atom is -0.495 e. The molecule has 0 aliphatic carbocycles. The van der Waals surface area contributed by atoms with Crippen LogP contribution in [0.3, 0.4) is 0 Å². The van der Waals surface area contributed by atoms with Crippen LogP contribution in [0.25, 0.3) is 0 Å². The summed E-state index contributed by atoms with van der Waals surface area (Å²) in [5.74, 6) is 0.499. The Morgan fingerprint density at radius 3 is 2.46 bits per heavy atom. The van der Waals surface area contributed by atoms with Crippen molar-refractivity contribution in [2.45, 2.75) is 12.8 Å². The average molecular weight is 353 g/mol. The minimum absolute atomic E-state index is 0.0750. The molecule has 1 aliphatic heterocycles. The van der Waals surface area contributed by atoms with Crippen LogP contribution in [0.15, 0.2) is 42.5 Å². The summed E-state index contributed by atoms with van der Waals surface area (Å²) in [6.07, 6.45) is 1.37. The molecule has 3 rings (SSSR count). The van der Waals surface area contributed by atoms with Gasteiger partial charge in [0.2, 0.25) is 5.91 Å². The zero-order valence-corrected chi connectivity index (χ0v) is 15.3. The number of nitrogens with one attached hydrogen (secondary N) is 1. The van der Waals surface area contributed by atoms with E-state index in [1.165, 1.54) is 0 Å². The van der Waals surface area contributed by atoms with Crippen LogP contribution in [-0.4, -0.2) is 39.6 Å². The summed E-state index contributed by atoms with van der Waals surface area (Å²) in [4.78, 5) is 28.3. The molecule has 2 aromatic carbocycles. The highest BCUT2D eigenvalue weighted by Crippen LogP contribution is 2.34. The topological polar surface area (TPSA) is 61.9 Å². The lowest BCUT2D eigenvalue weighted by molar-refractivity contribution is -0.117. The molecule has 26 heavy (non-hydrogen) atoms. The standard InChI is InChI=1S/C20H23N3O3/c1-22(2)16-9-6-14(7-10-16)20(25)21-15-8-11-18(26-3)17(13-15)23-12-4-5-19(23)24/h6-11,13H,4-5,12H2,1-3H3,(H,21,25). The van der Waals surface area contributed by atoms with Gasteiger partial charge >= 0.3 is 0 Å². The van der Waals surface area contributed by atoms with Crippen molar-refractivity contribution in [2.24, 2.45) is 0 Å². The summed E-state index contributed by atoms with van der Waals surface area (Å²) in [7, 11) is 5.48. The highest BCUT2D eigenvalue weighted by Gasteiger charge is 2.25. The molecule has 1 aliphatic rings. The Morgan fingerprint density at radius 1 is 1.15 bits per heavy atom. The van der Waals surface area contributed by atoms with Crippen molar-refractivity contribution in [3.05, 3.63) is 48.0 Å². The molecular formula is C20H23N3O3. The maximum atomic E-state index is 12.5. The van der Waals surface area contributed by atoms with Crippen LogP contribution < -0.4 is 19.9 Å². The molecule has 0 unspecified atom stereocenters. The monoisotopic (exact) mass is 353 g/mol. The normalized spacial score (nSPS) is 13.7. The van der Waals surface area contributed by atoms with Gasteiger partial charge in [0.25, 0.3) is 5.91 Å². The molecule has 2 aromatic rings. The van der Waals surface area contributed by atoms with Crippen LogP contribution in [0.4, 0.5) is 17.1 Å². The van der Waals surface area contributed by atoms with Crippen molar-refractivity contribution in [1.82, 2.24) is 0 Å². The second-order valence-electron chi connectivity index (χ2n) is 6.43. The van der Waals surface area contributed by atoms with E-state index in [-0.39, 0.29) is 11.8 Å². The summed E-state index contributed by atoms with van der Waals surface area (Å²) >= 11 is 0. The molecule has 0 spiro atoms. The molecule has 0 aromatic heterocycles. The van der Waals surface area contributed by atoms with Crippen molar-refractivity contribution in [1.29, 1.82) is 0 Å². The second kappa shape index (κ2) is 7.47. The summed E-state index contributed by atoms with van der Waals surface area (Å²) < 4.78 is 5.38. The van der Waals surface area contributed by atoms with Gasteiger partial charge < -0.3 is 19.9 Å². The van der Waals surface area contributed by atoms with Crippen LogP contribution in [0.2, 0.25) is 0 Å². The first-order valence-electron chi connectivity index (χ1n) is 8.57. The number of carbonyl (C=O) groups excluding carboxylic acids is 2. The molecule has 0 bridgehead atoms. The average Bonchev–Trinajstić information content (AvgIpc) is 3.07. The molecular weight excluding hydrogens is 330 g/mol. The molecule has 1 saturated heterocycles. The SMILES string of the molecule is COc1ccc(NC(=O)c2ccc(N(C)C)cc2)cc1N1CCCC1=O. The molecule has 136 valence electrons. The third kappa shape index (κ3) is 3.64. The number of carbonyl (C=O) groups is 2. The van der Waals surface area contributed by atoms with Gasteiger partial charge in [0.15, 0.2) is 0 Å². The first-order valence-corrected chi connectivity index (χ1v) is 8.57. The Kier molecular flexibility index (Phi) is 5.11. The van der Waals surface area contributed by atoms with Gasteiger partial charge in [-0.05, 0) is 48.9 Å². The second-order valence-corrected chi connectivity index (χ2v) is 6.43. The number of hydrogen-bond donors (Lipinski definition) is 1. The number of hydrogen-bond acceptors (Lipinski definition) is 4. The summed E-state index contributed by atoms with van der Waals surface area (Å²) in [6, 6.07) is 12.7. The van der Waals surface area contributed by atoms with Gasteiger partial charge in [-0.25, -0.2) is 0 Å². The van der Waals surface area contributed by atoms with E-state index >= 15 is 0 Å². The number of amides is 2. The Balaban J connectivity index is 1.81. The van der Waals surface area contributed by atoms with E-state index in [0.29, 0.717) is 35.7 Å². The van der Waals surface area contributed by atoms with Crippen LogP contribution in [0, 0.1) is 0 Å². The maximum Gasteiger partial charge on any atom is 0.255 e. The number of ether oxygens (including phenoxy) is 1. The van der Waals surface area contributed by atoms with Crippen LogP contribution in [0.5, 0.6) is 5.75 Å². The first-order chi connectivity index (χ1) is 12.5. The van der Waals surface area contributed by atoms with E-state index in [0.717, 1.165) is 12.1 Å². The number of anilines is 3. The van der Waals surface area contributed by atoms with Crippen LogP contribution in [0.1, 0.15) is 23.2 Å². The molecule has 6 nitrogen and oxygen atoms in total. The Labute approximate surface area is 153 Å². The highest BCUT2D eigenvalue weighted by atomic mass is 16.5. The van der Waals surface area contributed by atoms with Crippen LogP contribution in [-0.2, 0) is 4.79 Å². The van der Waals surface area contributed by atoms with E-state index in [9.17, 15) is 9.59 Å². The fraction of sp³-hybridized carbons (Fsp3) is 0.300. The lowest BCUT2D eigenvalue weighted by atomic mass is 10.1. The third-order valence-corrected chi connectivity index (χ3v) is 4.45. The van der Waals surface area contributed by atoms with Crippen molar-refractivity contribution < 1.29 is 14.3 Å². The van der Waals surface area contributed by atoms with Gasteiger partial charge in [-0.1, -0.05) is 0 Å². The Morgan fingerprint density at radius 2 is 1.88 bits per heavy atom. The van der Waals surface area contributed by atoms with Gasteiger partial charge in [-0.3, -0.25) is 9.59 Å². The number of benzene rings is 2. The molecule has 1 N–H and O–H groups in total. The smallest absolute Gasteiger partial charge is 0.255 e. The quantitative estimate of drug-likeness (QED) is 0.897. The molecule has 0 radical (unpaired) electrons. The largest absolute Gasteiger partial charge is 0.495 e. The summed E-state index contributed by atoms with van der Waals surface area (Å²) in [5.41, 5.74) is 2.92. The van der Waals surface area contributed by atoms with Crippen LogP contribution >= 0.6 is 0 Å². The van der Waals surface area contributed by atoms with Crippen molar-refractivity contribution in [2.75, 3.05) is 42.9 Å². The van der Waals surface area contributed by atoms with Gasteiger partial charge in [0.05, 0.1) is 12.8 Å². The van der Waals surface area contributed by atoms with E-state index in [2.05, 4.69) is 5.32 Å². The Hall–Kier alpha value is -3.02. The zero-order chi connectivity index (χ0) is 18.7. The molecule has 0 saturated carbocycles. The first kappa shape index (κ1) is 17.8. The van der Waals surface area contributed by atoms with Gasteiger partial charge in [0.1, 0.15) is 5.75 Å².